The molecule has 0 spiro atoms. The first-order chi connectivity index (χ1) is 5.15. The van der Waals surface area contributed by atoms with Crippen molar-refractivity contribution in [3.05, 3.63) is 28.8 Å². The molecule has 0 bridgehead atoms. The fourth-order valence-electron chi connectivity index (χ4n) is 0.563. The van der Waals surface area contributed by atoms with E-state index in [-0.39, 0.29) is 9.92 Å². The summed E-state index contributed by atoms with van der Waals surface area (Å²) in [7, 11) is 5.92. The van der Waals surface area contributed by atoms with Crippen molar-refractivity contribution in [3.8, 4) is 0 Å². The predicted octanol–water partition coefficient (Wildman–Crippen LogP) is 3.86. The lowest BCUT2D eigenvalue weighted by Gasteiger charge is -1.98. The van der Waals surface area contributed by atoms with Gasteiger partial charge in [0.25, 0.3) is 0 Å². The zero-order valence-corrected chi connectivity index (χ0v) is 7.40. The fourth-order valence-corrected chi connectivity index (χ4v) is 1.44. The molecule has 0 aliphatic heterocycles. The van der Waals surface area contributed by atoms with Crippen molar-refractivity contribution < 1.29 is 8.78 Å². The maximum atomic E-state index is 12.6. The Hall–Kier alpha value is 0.01000. The van der Waals surface area contributed by atoms with E-state index >= 15 is 0 Å². The van der Waals surface area contributed by atoms with Crippen LogP contribution in [0.25, 0.3) is 0 Å². The van der Waals surface area contributed by atoms with Crippen LogP contribution in [0.3, 0.4) is 0 Å². The maximum absolute atomic E-state index is 12.6. The average molecular weight is 215 g/mol. The number of halogens is 4. The van der Waals surface area contributed by atoms with Gasteiger partial charge in [0.2, 0.25) is 0 Å². The molecule has 11 heavy (non-hydrogen) atoms. The van der Waals surface area contributed by atoms with E-state index in [1.165, 1.54) is 0 Å². The predicted molar refractivity (Wildman–Crippen MR) is 43.1 cm³/mol. The fraction of sp³-hybridized carbons (Fsp3) is 0. The summed E-state index contributed by atoms with van der Waals surface area (Å²) in [4.78, 5) is 0.123. The maximum Gasteiger partial charge on any atom is 0.144 e. The second kappa shape index (κ2) is 3.61. The molecule has 0 radical (unpaired) electrons. The third kappa shape index (κ3) is 1.98. The minimum atomic E-state index is -0.779. The molecule has 60 valence electrons. The lowest BCUT2D eigenvalue weighted by Crippen LogP contribution is -1.83. The number of hydrogen-bond acceptors (Lipinski definition) is 1. The molecule has 0 saturated carbocycles. The smallest absolute Gasteiger partial charge is 0.144 e. The van der Waals surface area contributed by atoms with Crippen LogP contribution in [-0.2, 0) is 0 Å². The lowest BCUT2D eigenvalue weighted by atomic mass is 10.3. The topological polar surface area (TPSA) is 0 Å². The van der Waals surface area contributed by atoms with Gasteiger partial charge in [0, 0.05) is 6.07 Å². The van der Waals surface area contributed by atoms with Gasteiger partial charge in [0.1, 0.15) is 11.6 Å². The summed E-state index contributed by atoms with van der Waals surface area (Å²) in [6.45, 7) is 0. The van der Waals surface area contributed by atoms with Crippen LogP contribution in [0.4, 0.5) is 8.78 Å². The molecule has 0 saturated heterocycles. The third-order valence-corrected chi connectivity index (χ3v) is 2.33. The van der Waals surface area contributed by atoms with Gasteiger partial charge in [-0.05, 0) is 27.7 Å². The van der Waals surface area contributed by atoms with Crippen molar-refractivity contribution in [3.63, 3.8) is 0 Å². The van der Waals surface area contributed by atoms with Crippen LogP contribution < -0.4 is 0 Å². The second-order valence-corrected chi connectivity index (χ2v) is 3.24. The normalized spacial score (nSPS) is 10.2. The highest BCUT2D eigenvalue weighted by molar-refractivity contribution is 8.21. The first-order valence-corrected chi connectivity index (χ1v) is 4.60. The third-order valence-electron chi connectivity index (χ3n) is 1.06. The summed E-state index contributed by atoms with van der Waals surface area (Å²) >= 11 is 5.35. The SMILES string of the molecule is Fc1cc(F)c(SCl)cc1Cl. The van der Waals surface area contributed by atoms with Gasteiger partial charge in [0.05, 0.1) is 9.92 Å². The van der Waals surface area contributed by atoms with Gasteiger partial charge in [-0.1, -0.05) is 11.6 Å². The average Bonchev–Trinajstić information content (AvgIpc) is 1.97. The Balaban J connectivity index is 3.21. The van der Waals surface area contributed by atoms with Crippen LogP contribution in [0.5, 0.6) is 0 Å². The summed E-state index contributed by atoms with van der Waals surface area (Å²) < 4.78 is 25.1. The van der Waals surface area contributed by atoms with Crippen molar-refractivity contribution in [2.24, 2.45) is 0 Å². The minimum absolute atomic E-state index is 0.123. The Morgan fingerprint density at radius 2 is 1.82 bits per heavy atom. The number of hydrogen-bond donors (Lipinski definition) is 0. The highest BCUT2D eigenvalue weighted by Gasteiger charge is 2.07. The molecular weight excluding hydrogens is 213 g/mol. The number of rotatable bonds is 1. The first-order valence-electron chi connectivity index (χ1n) is 2.58. The molecule has 0 N–H and O–H groups in total. The van der Waals surface area contributed by atoms with E-state index in [9.17, 15) is 8.78 Å². The van der Waals surface area contributed by atoms with Crippen molar-refractivity contribution in [1.29, 1.82) is 0 Å². The molecule has 0 aliphatic rings. The standard InChI is InChI=1S/C6H2Cl2F2S/c7-3-1-6(11-8)5(10)2-4(3)9/h1-2H. The Bertz CT molecular complexity index is 278. The Labute approximate surface area is 76.0 Å². The summed E-state index contributed by atoms with van der Waals surface area (Å²) in [6.07, 6.45) is 0. The second-order valence-electron chi connectivity index (χ2n) is 1.77. The van der Waals surface area contributed by atoms with Crippen molar-refractivity contribution in [1.82, 2.24) is 0 Å². The van der Waals surface area contributed by atoms with Gasteiger partial charge in [-0.15, -0.1) is 0 Å². The van der Waals surface area contributed by atoms with Crippen molar-refractivity contribution in [2.45, 2.75) is 4.90 Å². The molecule has 0 nitrogen and oxygen atoms in total. The first kappa shape index (κ1) is 9.10. The number of benzene rings is 1. The summed E-state index contributed by atoms with van der Waals surface area (Å²) in [5.41, 5.74) is 0. The molecule has 1 rings (SSSR count). The van der Waals surface area contributed by atoms with E-state index in [4.69, 9.17) is 22.3 Å². The molecule has 0 aromatic heterocycles. The minimum Gasteiger partial charge on any atom is -0.206 e. The molecule has 1 aromatic rings. The molecule has 5 heteroatoms. The van der Waals surface area contributed by atoms with Gasteiger partial charge in [0.15, 0.2) is 0 Å². The Morgan fingerprint density at radius 1 is 1.18 bits per heavy atom. The van der Waals surface area contributed by atoms with Gasteiger partial charge < -0.3 is 0 Å². The Kier molecular flexibility index (Phi) is 2.98. The van der Waals surface area contributed by atoms with Crippen molar-refractivity contribution in [2.75, 3.05) is 0 Å². The zero-order chi connectivity index (χ0) is 8.43. The van der Waals surface area contributed by atoms with E-state index < -0.39 is 11.6 Å². The van der Waals surface area contributed by atoms with Crippen LogP contribution in [0.15, 0.2) is 17.0 Å². The van der Waals surface area contributed by atoms with E-state index in [0.717, 1.165) is 6.07 Å². The Morgan fingerprint density at radius 3 is 2.36 bits per heavy atom. The lowest BCUT2D eigenvalue weighted by molar-refractivity contribution is 0.566. The largest absolute Gasteiger partial charge is 0.206 e. The molecule has 0 fully saturated rings. The van der Waals surface area contributed by atoms with Gasteiger partial charge in [-0.25, -0.2) is 8.78 Å². The van der Waals surface area contributed by atoms with Gasteiger partial charge in [-0.2, -0.15) is 0 Å². The monoisotopic (exact) mass is 214 g/mol. The zero-order valence-electron chi connectivity index (χ0n) is 5.07. The van der Waals surface area contributed by atoms with Crippen LogP contribution in [0.1, 0.15) is 0 Å². The van der Waals surface area contributed by atoms with Crippen LogP contribution in [0.2, 0.25) is 5.02 Å². The van der Waals surface area contributed by atoms with Crippen LogP contribution in [0, 0.1) is 11.6 Å². The molecule has 0 aliphatic carbocycles. The van der Waals surface area contributed by atoms with E-state index in [2.05, 4.69) is 0 Å². The van der Waals surface area contributed by atoms with E-state index in [1.54, 1.807) is 0 Å². The molecule has 1 aromatic carbocycles. The van der Waals surface area contributed by atoms with Crippen LogP contribution in [-0.4, -0.2) is 0 Å². The molecule has 0 atom stereocenters. The summed E-state index contributed by atoms with van der Waals surface area (Å²) in [5, 5.41) is -0.130. The molecule has 0 heterocycles. The highest BCUT2D eigenvalue weighted by Crippen LogP contribution is 2.29. The summed E-state index contributed by atoms with van der Waals surface area (Å²) in [5.74, 6) is -1.48. The van der Waals surface area contributed by atoms with E-state index in [1.807, 2.05) is 0 Å². The molecule has 0 amide bonds. The molecule has 0 unspecified atom stereocenters. The van der Waals surface area contributed by atoms with Crippen molar-refractivity contribution >= 4 is 33.3 Å². The molecular formula is C6H2Cl2F2S. The van der Waals surface area contributed by atoms with E-state index in [0.29, 0.717) is 17.0 Å². The highest BCUT2D eigenvalue weighted by atomic mass is 35.7. The van der Waals surface area contributed by atoms with Gasteiger partial charge in [-0.3, -0.25) is 0 Å². The summed E-state index contributed by atoms with van der Waals surface area (Å²) in [6, 6.07) is 1.84. The quantitative estimate of drug-likeness (QED) is 0.641. The van der Waals surface area contributed by atoms with Gasteiger partial charge >= 0.3 is 0 Å². The van der Waals surface area contributed by atoms with Crippen LogP contribution >= 0.6 is 33.3 Å².